The fraction of sp³-hybridized carbons (Fsp3) is 0.529. The summed E-state index contributed by atoms with van der Waals surface area (Å²) in [7, 11) is -2.46. The van der Waals surface area contributed by atoms with Crippen molar-refractivity contribution in [2.24, 2.45) is 0 Å². The minimum atomic E-state index is -3.73. The van der Waals surface area contributed by atoms with E-state index in [1.54, 1.807) is 4.90 Å². The zero-order valence-electron chi connectivity index (χ0n) is 15.0. The van der Waals surface area contributed by atoms with Crippen molar-refractivity contribution < 1.29 is 22.7 Å². The average molecular weight is 403 g/mol. The van der Waals surface area contributed by atoms with Crippen molar-refractivity contribution in [1.82, 2.24) is 9.62 Å². The first-order valence-corrected chi connectivity index (χ1v) is 10.2. The van der Waals surface area contributed by atoms with Gasteiger partial charge in [-0.25, -0.2) is 17.9 Å². The molecule has 1 aliphatic heterocycles. The van der Waals surface area contributed by atoms with Crippen LogP contribution in [0.5, 0.6) is 0 Å². The number of sulfonamides is 1. The van der Waals surface area contributed by atoms with Crippen LogP contribution in [0.25, 0.3) is 0 Å². The summed E-state index contributed by atoms with van der Waals surface area (Å²) in [5.41, 5.74) is -0.101. The second-order valence-corrected chi connectivity index (χ2v) is 8.65. The fourth-order valence-electron chi connectivity index (χ4n) is 3.14. The van der Waals surface area contributed by atoms with Gasteiger partial charge in [-0.3, -0.25) is 4.79 Å². The minimum Gasteiger partial charge on any atom is -0.452 e. The molecule has 1 aromatic rings. The highest BCUT2D eigenvalue weighted by atomic mass is 35.5. The summed E-state index contributed by atoms with van der Waals surface area (Å²) < 4.78 is 31.0. The molecule has 0 bridgehead atoms. The van der Waals surface area contributed by atoms with Gasteiger partial charge in [-0.05, 0) is 58.4 Å². The molecule has 144 valence electrons. The number of nitrogens with one attached hydrogen (secondary N) is 1. The maximum Gasteiger partial charge on any atom is 0.340 e. The largest absolute Gasteiger partial charge is 0.452 e. The van der Waals surface area contributed by atoms with Crippen LogP contribution in [0.15, 0.2) is 23.1 Å². The Morgan fingerprint density at radius 2 is 1.88 bits per heavy atom. The second kappa shape index (κ2) is 8.37. The number of nitrogens with zero attached hydrogens (tertiary/aromatic N) is 1. The van der Waals surface area contributed by atoms with Gasteiger partial charge in [-0.1, -0.05) is 11.6 Å². The Hall–Kier alpha value is -1.64. The summed E-state index contributed by atoms with van der Waals surface area (Å²) in [6.07, 6.45) is 2.90. The maximum atomic E-state index is 12.4. The predicted molar refractivity (Wildman–Crippen MR) is 97.6 cm³/mol. The number of ether oxygens (including phenoxy) is 1. The van der Waals surface area contributed by atoms with E-state index in [0.717, 1.165) is 25.3 Å². The van der Waals surface area contributed by atoms with Crippen LogP contribution in [-0.2, 0) is 19.6 Å². The number of carbonyl (C=O) groups excluding carboxylic acids is 2. The molecule has 1 amide bonds. The fourth-order valence-corrected chi connectivity index (χ4v) is 4.09. The summed E-state index contributed by atoms with van der Waals surface area (Å²) in [5, 5.41) is 0.0530. The highest BCUT2D eigenvalue weighted by Crippen LogP contribution is 2.24. The van der Waals surface area contributed by atoms with E-state index in [1.165, 1.54) is 19.2 Å². The Kier molecular flexibility index (Phi) is 6.65. The van der Waals surface area contributed by atoms with Gasteiger partial charge in [0.05, 0.1) is 15.5 Å². The van der Waals surface area contributed by atoms with Crippen LogP contribution in [0, 0.1) is 0 Å². The Labute approximate surface area is 158 Å². The highest BCUT2D eigenvalue weighted by Gasteiger charge is 2.29. The highest BCUT2D eigenvalue weighted by molar-refractivity contribution is 7.89. The molecular formula is C17H23ClN2O5S. The normalized spacial score (nSPS) is 20.7. The van der Waals surface area contributed by atoms with E-state index in [1.807, 2.05) is 13.8 Å². The second-order valence-electron chi connectivity index (χ2n) is 6.36. The number of hydrogen-bond donors (Lipinski definition) is 1. The van der Waals surface area contributed by atoms with E-state index in [9.17, 15) is 18.0 Å². The summed E-state index contributed by atoms with van der Waals surface area (Å²) in [6, 6.07) is 3.91. The molecule has 1 aromatic carbocycles. The van der Waals surface area contributed by atoms with Crippen molar-refractivity contribution in [2.45, 2.75) is 50.1 Å². The van der Waals surface area contributed by atoms with Crippen molar-refractivity contribution in [1.29, 1.82) is 0 Å². The van der Waals surface area contributed by atoms with Gasteiger partial charge in [0.15, 0.2) is 6.61 Å². The third kappa shape index (κ3) is 4.55. The van der Waals surface area contributed by atoms with Gasteiger partial charge >= 0.3 is 5.97 Å². The Bertz CT molecular complexity index is 786. The Balaban J connectivity index is 2.10. The zero-order chi connectivity index (χ0) is 19.5. The lowest BCUT2D eigenvalue weighted by Gasteiger charge is -2.38. The van der Waals surface area contributed by atoms with Gasteiger partial charge in [0.1, 0.15) is 0 Å². The smallest absolute Gasteiger partial charge is 0.340 e. The molecule has 26 heavy (non-hydrogen) atoms. The number of carbonyl (C=O) groups is 2. The molecule has 0 unspecified atom stereocenters. The van der Waals surface area contributed by atoms with Gasteiger partial charge in [-0.15, -0.1) is 0 Å². The number of amides is 1. The van der Waals surface area contributed by atoms with Gasteiger partial charge < -0.3 is 9.64 Å². The van der Waals surface area contributed by atoms with Gasteiger partial charge in [0.25, 0.3) is 5.91 Å². The quantitative estimate of drug-likeness (QED) is 0.762. The van der Waals surface area contributed by atoms with E-state index in [-0.39, 0.29) is 33.5 Å². The molecule has 1 N–H and O–H groups in total. The monoisotopic (exact) mass is 402 g/mol. The molecule has 0 radical (unpaired) electrons. The van der Waals surface area contributed by atoms with E-state index in [4.69, 9.17) is 16.3 Å². The number of likely N-dealkylation sites (tertiary alicyclic amines) is 1. The SMILES string of the molecule is CNS(=O)(=O)c1ccc(Cl)c(C(=O)OCC(=O)N2[C@H](C)CCC[C@H]2C)c1. The summed E-state index contributed by atoms with van der Waals surface area (Å²) in [5.74, 6) is -1.11. The van der Waals surface area contributed by atoms with E-state index >= 15 is 0 Å². The van der Waals surface area contributed by atoms with E-state index < -0.39 is 22.6 Å². The van der Waals surface area contributed by atoms with Crippen LogP contribution in [0.1, 0.15) is 43.5 Å². The molecule has 9 heteroatoms. The van der Waals surface area contributed by atoms with Crippen molar-refractivity contribution in [3.63, 3.8) is 0 Å². The lowest BCUT2D eigenvalue weighted by molar-refractivity contribution is -0.140. The third-order valence-electron chi connectivity index (χ3n) is 4.55. The molecule has 0 aromatic heterocycles. The molecule has 1 heterocycles. The molecule has 1 saturated heterocycles. The molecule has 7 nitrogen and oxygen atoms in total. The molecule has 0 aliphatic carbocycles. The lowest BCUT2D eigenvalue weighted by atomic mass is 9.97. The van der Waals surface area contributed by atoms with Crippen LogP contribution in [0.3, 0.4) is 0 Å². The van der Waals surface area contributed by atoms with E-state index in [2.05, 4.69) is 4.72 Å². The first-order chi connectivity index (χ1) is 12.2. The van der Waals surface area contributed by atoms with Gasteiger partial charge in [-0.2, -0.15) is 0 Å². The third-order valence-corrected chi connectivity index (χ3v) is 6.29. The molecule has 1 fully saturated rings. The maximum absolute atomic E-state index is 12.4. The number of rotatable bonds is 5. The number of esters is 1. The standard InChI is InChI=1S/C17H23ClN2O5S/c1-11-5-4-6-12(2)20(11)16(21)10-25-17(22)14-9-13(7-8-15(14)18)26(23,24)19-3/h7-9,11-12,19H,4-6,10H2,1-3H3/t11-,12-/m1/s1. The average Bonchev–Trinajstić information content (AvgIpc) is 2.59. The first kappa shape index (κ1) is 20.7. The molecule has 2 atom stereocenters. The van der Waals surface area contributed by atoms with Crippen LogP contribution >= 0.6 is 11.6 Å². The number of hydrogen-bond acceptors (Lipinski definition) is 5. The van der Waals surface area contributed by atoms with Crippen molar-refractivity contribution in [3.8, 4) is 0 Å². The van der Waals surface area contributed by atoms with Gasteiger partial charge in [0, 0.05) is 12.1 Å². The Morgan fingerprint density at radius 1 is 1.27 bits per heavy atom. The predicted octanol–water partition coefficient (Wildman–Crippen LogP) is 2.19. The van der Waals surface area contributed by atoms with Crippen molar-refractivity contribution in [3.05, 3.63) is 28.8 Å². The Morgan fingerprint density at radius 3 is 2.46 bits per heavy atom. The number of piperidine rings is 1. The van der Waals surface area contributed by atoms with Crippen molar-refractivity contribution in [2.75, 3.05) is 13.7 Å². The molecule has 1 aliphatic rings. The molecular weight excluding hydrogens is 380 g/mol. The summed E-state index contributed by atoms with van der Waals surface area (Å²) >= 11 is 5.98. The minimum absolute atomic E-state index is 0.0530. The molecule has 0 saturated carbocycles. The van der Waals surface area contributed by atoms with Crippen molar-refractivity contribution >= 4 is 33.5 Å². The van der Waals surface area contributed by atoms with Crippen LogP contribution in [-0.4, -0.2) is 50.9 Å². The van der Waals surface area contributed by atoms with E-state index in [0.29, 0.717) is 0 Å². The summed E-state index contributed by atoms with van der Waals surface area (Å²) in [6.45, 7) is 3.53. The first-order valence-electron chi connectivity index (χ1n) is 8.38. The van der Waals surface area contributed by atoms with Crippen LogP contribution in [0.2, 0.25) is 5.02 Å². The number of benzene rings is 1. The zero-order valence-corrected chi connectivity index (χ0v) is 16.6. The number of halogens is 1. The van der Waals surface area contributed by atoms with Gasteiger partial charge in [0.2, 0.25) is 10.0 Å². The lowest BCUT2D eigenvalue weighted by Crippen LogP contribution is -2.49. The van der Waals surface area contributed by atoms with Crippen LogP contribution in [0.4, 0.5) is 0 Å². The molecule has 0 spiro atoms. The molecule has 2 rings (SSSR count). The topological polar surface area (TPSA) is 92.8 Å². The van der Waals surface area contributed by atoms with Crippen LogP contribution < -0.4 is 4.72 Å². The summed E-state index contributed by atoms with van der Waals surface area (Å²) in [4.78, 5) is 26.3.